The second-order valence-electron chi connectivity index (χ2n) is 9.51. The maximum atomic E-state index is 10.3. The normalized spacial score (nSPS) is 15.4. The summed E-state index contributed by atoms with van der Waals surface area (Å²) in [7, 11) is 0. The van der Waals surface area contributed by atoms with Crippen LogP contribution in [0.25, 0.3) is 0 Å². The largest absolute Gasteiger partial charge is 0.481 e. The number of unbranched alkanes of at least 4 members (excludes halogenated alkanes) is 11. The monoisotopic (exact) mass is 549 g/mol. The molecule has 208 valence electrons. The third-order valence-electron chi connectivity index (χ3n) is 6.10. The molecule has 0 aromatic heterocycles. The van der Waals surface area contributed by atoms with Gasteiger partial charge in [-0.05, 0) is 32.1 Å². The molecule has 35 heavy (non-hydrogen) atoms. The summed E-state index contributed by atoms with van der Waals surface area (Å²) in [6.07, 6.45) is 21.2. The van der Waals surface area contributed by atoms with Gasteiger partial charge in [-0.25, -0.2) is 0 Å². The lowest BCUT2D eigenvalue weighted by molar-refractivity contribution is -0.137. The minimum absolute atomic E-state index is 0.332. The second kappa shape index (κ2) is 27.2. The van der Waals surface area contributed by atoms with E-state index in [-0.39, 0.29) is 0 Å². The first kappa shape index (κ1) is 35.1. The molecule has 0 unspecified atom stereocenters. The minimum Gasteiger partial charge on any atom is -0.481 e. The summed E-state index contributed by atoms with van der Waals surface area (Å²) < 4.78 is 0. The highest BCUT2D eigenvalue weighted by Crippen LogP contribution is 2.10. The van der Waals surface area contributed by atoms with E-state index in [0.29, 0.717) is 6.42 Å². The SMILES string of the molecule is CCCCCCCC/C=C\CCCCCCCC(=O)O.SCCN1CN(CCS)CN(CCS)C1. The molecule has 0 aromatic carbocycles. The number of aliphatic carboxylic acids is 1. The average molecular weight is 550 g/mol. The number of thiol groups is 3. The zero-order chi connectivity index (χ0) is 26.0. The lowest BCUT2D eigenvalue weighted by Gasteiger charge is -2.42. The highest BCUT2D eigenvalue weighted by atomic mass is 32.1. The lowest BCUT2D eigenvalue weighted by Crippen LogP contribution is -2.55. The van der Waals surface area contributed by atoms with Crippen LogP contribution in [0.4, 0.5) is 0 Å². The summed E-state index contributed by atoms with van der Waals surface area (Å²) >= 11 is 12.9. The first-order valence-electron chi connectivity index (χ1n) is 13.9. The van der Waals surface area contributed by atoms with Gasteiger partial charge in [0.1, 0.15) is 0 Å². The van der Waals surface area contributed by atoms with Gasteiger partial charge in [0, 0.05) is 43.3 Å². The molecule has 1 aliphatic heterocycles. The number of carbonyl (C=O) groups is 1. The zero-order valence-corrected chi connectivity index (χ0v) is 25.1. The third kappa shape index (κ3) is 24.2. The molecule has 1 saturated heterocycles. The number of carboxylic acids is 1. The van der Waals surface area contributed by atoms with Crippen LogP contribution >= 0.6 is 37.9 Å². The smallest absolute Gasteiger partial charge is 0.303 e. The van der Waals surface area contributed by atoms with E-state index in [2.05, 4.69) is 71.7 Å². The Bertz CT molecular complexity index is 464. The molecule has 1 heterocycles. The van der Waals surface area contributed by atoms with Crippen LogP contribution in [0.15, 0.2) is 12.2 Å². The van der Waals surface area contributed by atoms with E-state index in [9.17, 15) is 4.79 Å². The molecule has 1 fully saturated rings. The fourth-order valence-electron chi connectivity index (χ4n) is 4.18. The highest BCUT2D eigenvalue weighted by molar-refractivity contribution is 7.80. The van der Waals surface area contributed by atoms with Crippen molar-refractivity contribution in [3.05, 3.63) is 12.2 Å². The Kier molecular flexibility index (Phi) is 27.3. The fourth-order valence-corrected chi connectivity index (χ4v) is 5.03. The molecule has 0 radical (unpaired) electrons. The number of nitrogens with zero attached hydrogens (tertiary/aromatic N) is 3. The maximum Gasteiger partial charge on any atom is 0.303 e. The Labute approximate surface area is 233 Å². The van der Waals surface area contributed by atoms with Crippen LogP contribution in [0.2, 0.25) is 0 Å². The Morgan fingerprint density at radius 3 is 1.40 bits per heavy atom. The van der Waals surface area contributed by atoms with Crippen molar-refractivity contribution in [3.63, 3.8) is 0 Å². The van der Waals surface area contributed by atoms with Gasteiger partial charge in [0.2, 0.25) is 0 Å². The van der Waals surface area contributed by atoms with Crippen molar-refractivity contribution in [2.75, 3.05) is 56.9 Å². The zero-order valence-electron chi connectivity index (χ0n) is 22.5. The van der Waals surface area contributed by atoms with E-state index in [1.165, 1.54) is 70.6 Å². The molecule has 0 amide bonds. The van der Waals surface area contributed by atoms with Crippen molar-refractivity contribution in [2.24, 2.45) is 0 Å². The van der Waals surface area contributed by atoms with Gasteiger partial charge in [-0.15, -0.1) is 0 Å². The summed E-state index contributed by atoms with van der Waals surface area (Å²) in [6.45, 7) is 8.55. The van der Waals surface area contributed by atoms with Crippen molar-refractivity contribution in [1.82, 2.24) is 14.7 Å². The summed E-state index contributed by atoms with van der Waals surface area (Å²) in [5.41, 5.74) is 0. The molecule has 0 spiro atoms. The summed E-state index contributed by atoms with van der Waals surface area (Å²) in [5.74, 6) is 2.10. The molecule has 0 aliphatic carbocycles. The molecular weight excluding hydrogens is 495 g/mol. The summed E-state index contributed by atoms with van der Waals surface area (Å²) in [6, 6.07) is 0. The highest BCUT2D eigenvalue weighted by Gasteiger charge is 2.21. The van der Waals surface area contributed by atoms with E-state index in [4.69, 9.17) is 5.11 Å². The number of carboxylic acid groups (broad SMARTS) is 1. The topological polar surface area (TPSA) is 47.0 Å². The minimum atomic E-state index is -0.664. The van der Waals surface area contributed by atoms with Crippen LogP contribution in [0.3, 0.4) is 0 Å². The van der Waals surface area contributed by atoms with Gasteiger partial charge in [-0.1, -0.05) is 70.4 Å². The number of rotatable bonds is 21. The van der Waals surface area contributed by atoms with Gasteiger partial charge >= 0.3 is 5.97 Å². The maximum absolute atomic E-state index is 10.3. The van der Waals surface area contributed by atoms with Gasteiger partial charge in [-0.3, -0.25) is 19.5 Å². The van der Waals surface area contributed by atoms with Crippen LogP contribution in [0, 0.1) is 0 Å². The van der Waals surface area contributed by atoms with Crippen molar-refractivity contribution in [3.8, 4) is 0 Å². The third-order valence-corrected chi connectivity index (χ3v) is 6.70. The number of hydrogen-bond donors (Lipinski definition) is 4. The van der Waals surface area contributed by atoms with Crippen LogP contribution < -0.4 is 0 Å². The predicted molar refractivity (Wildman–Crippen MR) is 163 cm³/mol. The van der Waals surface area contributed by atoms with E-state index in [1.54, 1.807) is 0 Å². The Morgan fingerprint density at radius 1 is 0.657 bits per heavy atom. The Hall–Kier alpha value is 0.140. The van der Waals surface area contributed by atoms with Crippen molar-refractivity contribution < 1.29 is 9.90 Å². The molecule has 8 heteroatoms. The fraction of sp³-hybridized carbons (Fsp3) is 0.889. The molecule has 5 nitrogen and oxygen atoms in total. The molecule has 1 rings (SSSR count). The van der Waals surface area contributed by atoms with Gasteiger partial charge in [0.25, 0.3) is 0 Å². The Morgan fingerprint density at radius 2 is 1.03 bits per heavy atom. The second-order valence-corrected chi connectivity index (χ2v) is 10.8. The van der Waals surface area contributed by atoms with Crippen LogP contribution in [-0.2, 0) is 4.79 Å². The van der Waals surface area contributed by atoms with E-state index in [0.717, 1.165) is 69.7 Å². The van der Waals surface area contributed by atoms with Crippen molar-refractivity contribution >= 4 is 43.9 Å². The molecule has 0 bridgehead atoms. The number of hydrogen-bond acceptors (Lipinski definition) is 7. The Balaban J connectivity index is 0.000000686. The van der Waals surface area contributed by atoms with Crippen molar-refractivity contribution in [1.29, 1.82) is 0 Å². The van der Waals surface area contributed by atoms with Gasteiger partial charge in [-0.2, -0.15) is 37.9 Å². The average Bonchev–Trinajstić information content (AvgIpc) is 2.82. The predicted octanol–water partition coefficient (Wildman–Crippen LogP) is 6.68. The standard InChI is InChI=1S/C18H34O2.C9H21N3S3/c1-2-3-4-5-6-7-8-9-10-11-12-13-14-15-16-17-18(19)20;13-4-1-10-7-11(2-5-14)9-12(8-10)3-6-15/h9-10H,2-8,11-17H2,1H3,(H,19,20);13-15H,1-9H2/b10-9-;. The first-order chi connectivity index (χ1) is 17.1. The van der Waals surface area contributed by atoms with Crippen LogP contribution in [0.1, 0.15) is 96.8 Å². The van der Waals surface area contributed by atoms with Gasteiger partial charge in [0.05, 0.1) is 20.0 Å². The molecule has 0 saturated carbocycles. The molecular formula is C27H55N3O2S3. The van der Waals surface area contributed by atoms with Crippen molar-refractivity contribution in [2.45, 2.75) is 96.8 Å². The summed E-state index contributed by atoms with van der Waals surface area (Å²) in [4.78, 5) is 17.6. The molecule has 0 atom stereocenters. The molecule has 0 aromatic rings. The van der Waals surface area contributed by atoms with Gasteiger partial charge < -0.3 is 5.11 Å². The van der Waals surface area contributed by atoms with E-state index in [1.807, 2.05) is 0 Å². The first-order valence-corrected chi connectivity index (χ1v) is 15.8. The van der Waals surface area contributed by atoms with Gasteiger partial charge in [0.15, 0.2) is 0 Å². The number of allylic oxidation sites excluding steroid dienone is 2. The quantitative estimate of drug-likeness (QED) is 0.0731. The van der Waals surface area contributed by atoms with E-state index < -0.39 is 5.97 Å². The lowest BCUT2D eigenvalue weighted by atomic mass is 10.1. The summed E-state index contributed by atoms with van der Waals surface area (Å²) in [5, 5.41) is 8.51. The van der Waals surface area contributed by atoms with Crippen LogP contribution in [-0.4, -0.2) is 82.7 Å². The molecule has 1 aliphatic rings. The van der Waals surface area contributed by atoms with E-state index >= 15 is 0 Å². The van der Waals surface area contributed by atoms with Crippen LogP contribution in [0.5, 0.6) is 0 Å². The molecule has 1 N–H and O–H groups in total.